The first-order valence-corrected chi connectivity index (χ1v) is 6.42. The number of aliphatic carboxylic acids is 1. The number of carboxylic acid groups (broad SMARTS) is 1. The van der Waals surface area contributed by atoms with Gasteiger partial charge < -0.3 is 16.2 Å². The first kappa shape index (κ1) is 15.9. The number of carbonyl (C=O) groups is 2. The number of amides is 1. The number of hydrogen-bond donors (Lipinski definition) is 3. The highest BCUT2D eigenvalue weighted by molar-refractivity contribution is 5.97. The van der Waals surface area contributed by atoms with Crippen LogP contribution in [0.1, 0.15) is 37.7 Å². The first-order chi connectivity index (χ1) is 9.20. The van der Waals surface area contributed by atoms with Crippen LogP contribution < -0.4 is 11.1 Å². The van der Waals surface area contributed by atoms with Gasteiger partial charge in [-0.1, -0.05) is 20.8 Å². The maximum atomic E-state index is 11.9. The summed E-state index contributed by atoms with van der Waals surface area (Å²) in [6.45, 7) is 5.94. The van der Waals surface area contributed by atoms with Crippen molar-refractivity contribution in [3.63, 3.8) is 0 Å². The fourth-order valence-corrected chi connectivity index (χ4v) is 1.89. The lowest BCUT2D eigenvalue weighted by Crippen LogP contribution is -2.35. The minimum absolute atomic E-state index is 0.0570. The van der Waals surface area contributed by atoms with Gasteiger partial charge in [0.15, 0.2) is 5.69 Å². The molecule has 0 spiro atoms. The van der Waals surface area contributed by atoms with E-state index in [4.69, 9.17) is 5.73 Å². The monoisotopic (exact) mass is 279 g/mol. The van der Waals surface area contributed by atoms with Crippen molar-refractivity contribution in [2.45, 2.75) is 27.2 Å². The lowest BCUT2D eigenvalue weighted by Gasteiger charge is -2.23. The van der Waals surface area contributed by atoms with Crippen molar-refractivity contribution in [2.75, 3.05) is 12.3 Å². The molecular weight excluding hydrogens is 258 g/mol. The molecule has 20 heavy (non-hydrogen) atoms. The molecule has 0 aliphatic heterocycles. The second-order valence-electron chi connectivity index (χ2n) is 5.95. The molecule has 6 nitrogen and oxygen atoms in total. The molecule has 1 amide bonds. The molecule has 1 aromatic rings. The Balaban J connectivity index is 2.67. The highest BCUT2D eigenvalue weighted by atomic mass is 16.4. The number of nitrogens with two attached hydrogens (primary N) is 1. The topological polar surface area (TPSA) is 105 Å². The zero-order chi connectivity index (χ0) is 15.3. The van der Waals surface area contributed by atoms with Gasteiger partial charge in [-0.25, -0.2) is 4.98 Å². The average Bonchev–Trinajstić information content (AvgIpc) is 2.33. The third-order valence-electron chi connectivity index (χ3n) is 2.77. The number of rotatable bonds is 5. The molecule has 0 bridgehead atoms. The first-order valence-electron chi connectivity index (χ1n) is 6.42. The molecule has 1 aromatic heterocycles. The predicted molar refractivity (Wildman–Crippen MR) is 76.2 cm³/mol. The van der Waals surface area contributed by atoms with Crippen molar-refractivity contribution in [1.29, 1.82) is 0 Å². The van der Waals surface area contributed by atoms with Crippen molar-refractivity contribution in [1.82, 2.24) is 10.3 Å². The number of carbonyl (C=O) groups excluding carboxylic acids is 1. The lowest BCUT2D eigenvalue weighted by molar-refractivity contribution is -0.142. The van der Waals surface area contributed by atoms with Gasteiger partial charge in [0.25, 0.3) is 5.91 Å². The molecule has 0 aromatic carbocycles. The largest absolute Gasteiger partial charge is 0.481 e. The van der Waals surface area contributed by atoms with Crippen molar-refractivity contribution in [3.8, 4) is 0 Å². The van der Waals surface area contributed by atoms with Crippen LogP contribution in [0.2, 0.25) is 0 Å². The van der Waals surface area contributed by atoms with E-state index < -0.39 is 17.8 Å². The van der Waals surface area contributed by atoms with E-state index in [1.165, 1.54) is 6.20 Å². The van der Waals surface area contributed by atoms with E-state index in [-0.39, 0.29) is 23.3 Å². The molecule has 0 aliphatic rings. The van der Waals surface area contributed by atoms with Gasteiger partial charge >= 0.3 is 5.97 Å². The van der Waals surface area contributed by atoms with E-state index in [2.05, 4.69) is 10.3 Å². The second-order valence-corrected chi connectivity index (χ2v) is 5.95. The van der Waals surface area contributed by atoms with Gasteiger partial charge in [-0.2, -0.15) is 0 Å². The number of nitrogens with zero attached hydrogens (tertiary/aromatic N) is 1. The Hall–Kier alpha value is -2.11. The van der Waals surface area contributed by atoms with Crippen LogP contribution in [0.15, 0.2) is 18.3 Å². The zero-order valence-electron chi connectivity index (χ0n) is 12.0. The lowest BCUT2D eigenvalue weighted by atomic mass is 9.84. The number of carboxylic acids is 1. The van der Waals surface area contributed by atoms with E-state index in [1.54, 1.807) is 12.1 Å². The Kier molecular flexibility index (Phi) is 5.07. The van der Waals surface area contributed by atoms with E-state index in [0.29, 0.717) is 6.42 Å². The molecule has 0 saturated carbocycles. The molecule has 1 unspecified atom stereocenters. The zero-order valence-corrected chi connectivity index (χ0v) is 12.0. The number of pyridine rings is 1. The highest BCUT2D eigenvalue weighted by Crippen LogP contribution is 2.24. The third-order valence-corrected chi connectivity index (χ3v) is 2.77. The van der Waals surface area contributed by atoms with Gasteiger partial charge in [-0.3, -0.25) is 9.59 Å². The van der Waals surface area contributed by atoms with Crippen molar-refractivity contribution in [3.05, 3.63) is 24.0 Å². The summed E-state index contributed by atoms with van der Waals surface area (Å²) in [5.41, 5.74) is 5.91. The summed E-state index contributed by atoms with van der Waals surface area (Å²) in [5, 5.41) is 11.8. The van der Waals surface area contributed by atoms with E-state index in [0.717, 1.165) is 0 Å². The summed E-state index contributed by atoms with van der Waals surface area (Å²) in [7, 11) is 0. The molecule has 1 atom stereocenters. The standard InChI is InChI=1S/C14H21N3O3/c1-14(2,3)7-9(13(19)20)8-17-12(18)11-10(15)5-4-6-16-11/h4-6,9H,7-8,15H2,1-3H3,(H,17,18)(H,19,20). The van der Waals surface area contributed by atoms with Crippen molar-refractivity contribution in [2.24, 2.45) is 11.3 Å². The van der Waals surface area contributed by atoms with Crippen LogP contribution in [0.25, 0.3) is 0 Å². The normalized spacial score (nSPS) is 12.8. The van der Waals surface area contributed by atoms with Crippen LogP contribution in [0.3, 0.4) is 0 Å². The molecule has 110 valence electrons. The van der Waals surface area contributed by atoms with Gasteiger partial charge in [-0.05, 0) is 24.0 Å². The van der Waals surface area contributed by atoms with Gasteiger partial charge in [0.2, 0.25) is 0 Å². The third kappa shape index (κ3) is 4.87. The van der Waals surface area contributed by atoms with Crippen LogP contribution in [-0.4, -0.2) is 28.5 Å². The van der Waals surface area contributed by atoms with Gasteiger partial charge in [0.05, 0.1) is 11.6 Å². The summed E-state index contributed by atoms with van der Waals surface area (Å²) in [4.78, 5) is 27.0. The molecule has 0 saturated heterocycles. The summed E-state index contributed by atoms with van der Waals surface area (Å²) >= 11 is 0. The number of hydrogen-bond acceptors (Lipinski definition) is 4. The summed E-state index contributed by atoms with van der Waals surface area (Å²) < 4.78 is 0. The van der Waals surface area contributed by atoms with E-state index >= 15 is 0 Å². The Morgan fingerprint density at radius 3 is 2.60 bits per heavy atom. The van der Waals surface area contributed by atoms with Gasteiger partial charge in [0, 0.05) is 12.7 Å². The smallest absolute Gasteiger partial charge is 0.308 e. The maximum absolute atomic E-state index is 11.9. The Morgan fingerprint density at radius 1 is 1.45 bits per heavy atom. The Bertz CT molecular complexity index is 495. The number of aromatic nitrogens is 1. The number of anilines is 1. The Labute approximate surface area is 118 Å². The van der Waals surface area contributed by atoms with Crippen LogP contribution in [0.4, 0.5) is 5.69 Å². The molecule has 6 heteroatoms. The highest BCUT2D eigenvalue weighted by Gasteiger charge is 2.25. The van der Waals surface area contributed by atoms with Crippen molar-refractivity contribution < 1.29 is 14.7 Å². The number of nitrogens with one attached hydrogen (secondary N) is 1. The van der Waals surface area contributed by atoms with Gasteiger partial charge in [-0.15, -0.1) is 0 Å². The summed E-state index contributed by atoms with van der Waals surface area (Å²) in [6.07, 6.45) is 1.94. The van der Waals surface area contributed by atoms with Crippen molar-refractivity contribution >= 4 is 17.6 Å². The molecule has 0 aliphatic carbocycles. The fraction of sp³-hybridized carbons (Fsp3) is 0.500. The Morgan fingerprint density at radius 2 is 2.10 bits per heavy atom. The molecule has 1 rings (SSSR count). The van der Waals surface area contributed by atoms with Crippen LogP contribution in [0, 0.1) is 11.3 Å². The summed E-state index contributed by atoms with van der Waals surface area (Å²) in [5.74, 6) is -2.01. The summed E-state index contributed by atoms with van der Waals surface area (Å²) in [6, 6.07) is 3.21. The van der Waals surface area contributed by atoms with Gasteiger partial charge in [0.1, 0.15) is 0 Å². The minimum Gasteiger partial charge on any atom is -0.481 e. The average molecular weight is 279 g/mol. The van der Waals surface area contributed by atoms with Crippen LogP contribution in [-0.2, 0) is 4.79 Å². The van der Waals surface area contributed by atoms with E-state index in [1.807, 2.05) is 20.8 Å². The minimum atomic E-state index is -0.922. The van der Waals surface area contributed by atoms with Crippen LogP contribution >= 0.6 is 0 Å². The predicted octanol–water partition coefficient (Wildman–Crippen LogP) is 1.53. The maximum Gasteiger partial charge on any atom is 0.308 e. The molecule has 1 heterocycles. The molecule has 0 radical (unpaired) electrons. The fourth-order valence-electron chi connectivity index (χ4n) is 1.89. The molecule has 0 fully saturated rings. The molecular formula is C14H21N3O3. The second kappa shape index (κ2) is 6.36. The molecule has 4 N–H and O–H groups in total. The quantitative estimate of drug-likeness (QED) is 0.758. The van der Waals surface area contributed by atoms with Crippen LogP contribution in [0.5, 0.6) is 0 Å². The SMILES string of the molecule is CC(C)(C)CC(CNC(=O)c1ncccc1N)C(=O)O. The van der Waals surface area contributed by atoms with E-state index in [9.17, 15) is 14.7 Å². The number of nitrogen functional groups attached to an aromatic ring is 1.